The maximum atomic E-state index is 10.8. The van der Waals surface area contributed by atoms with E-state index in [4.69, 9.17) is 23.2 Å². The van der Waals surface area contributed by atoms with Gasteiger partial charge in [-0.2, -0.15) is 4.98 Å². The minimum absolute atomic E-state index is 0.00574. The number of nitrogens with zero attached hydrogens (tertiary/aromatic N) is 2. The highest BCUT2D eigenvalue weighted by atomic mass is 35.5. The Morgan fingerprint density at radius 3 is 2.81 bits per heavy atom. The molecule has 2 unspecified atom stereocenters. The highest BCUT2D eigenvalue weighted by molar-refractivity contribution is 8.13. The molecule has 2 aromatic heterocycles. The van der Waals surface area contributed by atoms with E-state index in [1.54, 1.807) is 0 Å². The van der Waals surface area contributed by atoms with Crippen LogP contribution in [-0.2, 0) is 4.79 Å². The van der Waals surface area contributed by atoms with E-state index in [1.807, 2.05) is 0 Å². The lowest BCUT2D eigenvalue weighted by Gasteiger charge is -2.17. The van der Waals surface area contributed by atoms with Gasteiger partial charge >= 0.3 is 0 Å². The Bertz CT molecular complexity index is 664. The molecule has 0 bridgehead atoms. The zero-order valence-corrected chi connectivity index (χ0v) is 13.3. The highest BCUT2D eigenvalue weighted by Crippen LogP contribution is 2.31. The Kier molecular flexibility index (Phi) is 5.45. The molecule has 114 valence electrons. The molecule has 0 aliphatic heterocycles. The first-order chi connectivity index (χ1) is 9.90. The van der Waals surface area contributed by atoms with E-state index < -0.39 is 12.2 Å². The molecule has 0 saturated carbocycles. The first kappa shape index (κ1) is 16.5. The molecule has 0 saturated heterocycles. The van der Waals surface area contributed by atoms with E-state index in [0.717, 1.165) is 11.8 Å². The Balaban J connectivity index is 2.19. The van der Waals surface area contributed by atoms with Crippen molar-refractivity contribution in [1.29, 1.82) is 0 Å². The number of hydrogen-bond acceptors (Lipinski definition) is 6. The third-order valence-corrected chi connectivity index (χ3v) is 4.18. The van der Waals surface area contributed by atoms with Crippen molar-refractivity contribution >= 4 is 51.1 Å². The van der Waals surface area contributed by atoms with Crippen molar-refractivity contribution in [1.82, 2.24) is 15.0 Å². The third kappa shape index (κ3) is 3.87. The number of aliphatic hydroxyl groups is 2. The van der Waals surface area contributed by atoms with Gasteiger partial charge in [0.25, 0.3) is 0 Å². The van der Waals surface area contributed by atoms with Crippen molar-refractivity contribution in [3.05, 3.63) is 22.2 Å². The highest BCUT2D eigenvalue weighted by Gasteiger charge is 2.24. The molecular weight excluding hydrogens is 337 g/mol. The van der Waals surface area contributed by atoms with Gasteiger partial charge in [0.2, 0.25) is 5.28 Å². The molecular formula is C12H13Cl2N3O3S. The van der Waals surface area contributed by atoms with Crippen molar-refractivity contribution in [2.75, 3.05) is 5.75 Å². The largest absolute Gasteiger partial charge is 0.390 e. The first-order valence-corrected chi connectivity index (χ1v) is 7.83. The zero-order valence-electron chi connectivity index (χ0n) is 11.0. The Morgan fingerprint density at radius 1 is 1.43 bits per heavy atom. The number of nitrogens with one attached hydrogen (secondary N) is 1. The predicted molar refractivity (Wildman–Crippen MR) is 82.6 cm³/mol. The molecule has 0 spiro atoms. The second kappa shape index (κ2) is 6.93. The number of aromatic nitrogens is 3. The summed E-state index contributed by atoms with van der Waals surface area (Å²) in [5, 5.41) is 20.7. The number of halogens is 2. The summed E-state index contributed by atoms with van der Waals surface area (Å²) in [5.74, 6) is 0.423. The van der Waals surface area contributed by atoms with Gasteiger partial charge in [0.15, 0.2) is 5.12 Å². The maximum Gasteiger partial charge on any atom is 0.225 e. The van der Waals surface area contributed by atoms with Crippen LogP contribution in [0, 0.1) is 0 Å². The van der Waals surface area contributed by atoms with E-state index in [9.17, 15) is 15.0 Å². The van der Waals surface area contributed by atoms with Crippen molar-refractivity contribution in [3.63, 3.8) is 0 Å². The van der Waals surface area contributed by atoms with E-state index in [1.165, 1.54) is 13.1 Å². The van der Waals surface area contributed by atoms with Crippen molar-refractivity contribution < 1.29 is 15.0 Å². The molecule has 6 nitrogen and oxygen atoms in total. The third-order valence-electron chi connectivity index (χ3n) is 2.89. The molecule has 9 heteroatoms. The fraction of sp³-hybridized carbons (Fsp3) is 0.417. The van der Waals surface area contributed by atoms with Crippen LogP contribution in [0.15, 0.2) is 6.20 Å². The normalized spacial score (nSPS) is 14.3. The summed E-state index contributed by atoms with van der Waals surface area (Å²) in [7, 11) is 0. The molecule has 0 radical (unpaired) electrons. The van der Waals surface area contributed by atoms with Gasteiger partial charge in [-0.05, 0) is 18.0 Å². The number of aromatic amines is 1. The van der Waals surface area contributed by atoms with Gasteiger partial charge in [-0.25, -0.2) is 4.98 Å². The monoisotopic (exact) mass is 349 g/mol. The average Bonchev–Trinajstić information content (AvgIpc) is 2.81. The summed E-state index contributed by atoms with van der Waals surface area (Å²) in [6, 6.07) is 0. The lowest BCUT2D eigenvalue weighted by atomic mass is 10.0. The summed E-state index contributed by atoms with van der Waals surface area (Å²) in [4.78, 5) is 21.4. The SMILES string of the molecule is CC(=O)SCCC(O)C(O)c1c[nH]c2nc(Cl)nc(Cl)c12. The van der Waals surface area contributed by atoms with E-state index in [-0.39, 0.29) is 22.0 Å². The Morgan fingerprint density at radius 2 is 2.14 bits per heavy atom. The van der Waals surface area contributed by atoms with Crippen LogP contribution in [0.1, 0.15) is 25.0 Å². The molecule has 2 atom stereocenters. The second-order valence-electron chi connectivity index (χ2n) is 4.39. The molecule has 0 aliphatic rings. The van der Waals surface area contributed by atoms with Crippen LogP contribution >= 0.6 is 35.0 Å². The summed E-state index contributed by atoms with van der Waals surface area (Å²) in [6.45, 7) is 1.45. The van der Waals surface area contributed by atoms with Crippen LogP contribution in [0.4, 0.5) is 0 Å². The number of carbonyl (C=O) groups is 1. The van der Waals surface area contributed by atoms with Gasteiger partial charge in [0.1, 0.15) is 16.9 Å². The van der Waals surface area contributed by atoms with E-state index >= 15 is 0 Å². The van der Waals surface area contributed by atoms with Gasteiger partial charge in [-0.1, -0.05) is 23.4 Å². The number of fused-ring (bicyclic) bond motifs is 1. The topological polar surface area (TPSA) is 99.1 Å². The van der Waals surface area contributed by atoms with Crippen molar-refractivity contribution in [2.45, 2.75) is 25.6 Å². The van der Waals surface area contributed by atoms with Gasteiger partial charge in [-0.15, -0.1) is 0 Å². The van der Waals surface area contributed by atoms with Crippen LogP contribution in [0.2, 0.25) is 10.4 Å². The van der Waals surface area contributed by atoms with E-state index in [0.29, 0.717) is 22.3 Å². The zero-order chi connectivity index (χ0) is 15.6. The molecule has 0 amide bonds. The van der Waals surface area contributed by atoms with Crippen LogP contribution < -0.4 is 0 Å². The quantitative estimate of drug-likeness (QED) is 0.565. The Hall–Kier alpha value is -0.860. The van der Waals surface area contributed by atoms with Gasteiger partial charge in [0.05, 0.1) is 11.5 Å². The standard InChI is InChI=1S/C12H13Cl2N3O3S/c1-5(18)21-3-2-7(19)9(20)6-4-15-11-8(6)10(13)16-12(14)17-11/h4,7,9,19-20H,2-3H2,1H3,(H,15,16,17). The molecule has 2 rings (SSSR count). The summed E-state index contributed by atoms with van der Waals surface area (Å²) in [5.41, 5.74) is 0.784. The molecule has 2 heterocycles. The maximum absolute atomic E-state index is 10.8. The number of H-pyrrole nitrogens is 1. The number of aliphatic hydroxyl groups excluding tert-OH is 2. The molecule has 2 aromatic rings. The second-order valence-corrected chi connectivity index (χ2v) is 6.36. The molecule has 21 heavy (non-hydrogen) atoms. The lowest BCUT2D eigenvalue weighted by Crippen LogP contribution is -2.19. The lowest BCUT2D eigenvalue weighted by molar-refractivity contribution is -0.109. The van der Waals surface area contributed by atoms with Crippen LogP contribution in [0.5, 0.6) is 0 Å². The van der Waals surface area contributed by atoms with Gasteiger partial charge in [0, 0.05) is 24.4 Å². The number of thioether (sulfide) groups is 1. The molecule has 0 aromatic carbocycles. The summed E-state index contributed by atoms with van der Waals surface area (Å²) >= 11 is 12.8. The summed E-state index contributed by atoms with van der Waals surface area (Å²) < 4.78 is 0. The van der Waals surface area contributed by atoms with Crippen molar-refractivity contribution in [2.24, 2.45) is 0 Å². The van der Waals surface area contributed by atoms with Gasteiger partial charge in [-0.3, -0.25) is 4.79 Å². The van der Waals surface area contributed by atoms with Gasteiger partial charge < -0.3 is 15.2 Å². The fourth-order valence-corrected chi connectivity index (χ4v) is 3.05. The minimum Gasteiger partial charge on any atom is -0.390 e. The summed E-state index contributed by atoms with van der Waals surface area (Å²) in [6.07, 6.45) is -0.409. The fourth-order valence-electron chi connectivity index (χ4n) is 1.91. The molecule has 3 N–H and O–H groups in total. The van der Waals surface area contributed by atoms with Crippen LogP contribution in [0.25, 0.3) is 11.0 Å². The first-order valence-electron chi connectivity index (χ1n) is 6.09. The minimum atomic E-state index is -1.16. The molecule has 0 fully saturated rings. The Labute approximate surface area is 134 Å². The van der Waals surface area contributed by atoms with Crippen LogP contribution in [-0.4, -0.2) is 42.1 Å². The number of rotatable bonds is 5. The predicted octanol–water partition coefficient (Wildman–Crippen LogP) is 2.33. The van der Waals surface area contributed by atoms with Crippen molar-refractivity contribution in [3.8, 4) is 0 Å². The number of carbonyl (C=O) groups excluding carboxylic acids is 1. The van der Waals surface area contributed by atoms with Crippen LogP contribution in [0.3, 0.4) is 0 Å². The smallest absolute Gasteiger partial charge is 0.225 e. The molecule has 0 aliphatic carbocycles. The van der Waals surface area contributed by atoms with E-state index in [2.05, 4.69) is 15.0 Å². The average molecular weight is 350 g/mol. The number of hydrogen-bond donors (Lipinski definition) is 3.